The number of rotatable bonds is 4. The molecule has 1 aliphatic heterocycles. The molecule has 0 aromatic heterocycles. The molecule has 1 atom stereocenters. The third-order valence-electron chi connectivity index (χ3n) is 3.80. The second-order valence-corrected chi connectivity index (χ2v) is 5.28. The maximum atomic E-state index is 5.78. The van der Waals surface area contributed by atoms with Crippen molar-refractivity contribution in [2.45, 2.75) is 26.3 Å². The molecule has 0 saturated carbocycles. The monoisotopic (exact) mass is 284 g/mol. The number of halogens is 1. The summed E-state index contributed by atoms with van der Waals surface area (Å²) in [6.45, 7) is 6.28. The first-order chi connectivity index (χ1) is 8.72. The van der Waals surface area contributed by atoms with Gasteiger partial charge in [0.15, 0.2) is 0 Å². The number of aryl methyl sites for hydroxylation is 1. The zero-order valence-electron chi connectivity index (χ0n) is 11.9. The van der Waals surface area contributed by atoms with Crippen LogP contribution < -0.4 is 10.5 Å². The Labute approximate surface area is 122 Å². The van der Waals surface area contributed by atoms with Crippen molar-refractivity contribution in [2.24, 2.45) is 11.7 Å². The highest BCUT2D eigenvalue weighted by Gasteiger charge is 2.18. The van der Waals surface area contributed by atoms with Crippen molar-refractivity contribution >= 4 is 12.4 Å². The molecule has 0 spiro atoms. The molecule has 1 aliphatic rings. The van der Waals surface area contributed by atoms with Crippen LogP contribution in [0.5, 0.6) is 5.75 Å². The minimum absolute atomic E-state index is 0. The van der Waals surface area contributed by atoms with E-state index in [1.807, 2.05) is 0 Å². The summed E-state index contributed by atoms with van der Waals surface area (Å²) in [5, 5.41) is 0. The Bertz CT molecular complexity index is 398. The standard InChI is InChI=1S/C15H24N2O.ClH/c1-12-8-13(5-6-15(12)18-2)10-17-7-3-4-14(9-16)11-17;/h5-6,8,14H,3-4,7,9-11,16H2,1-2H3;1H. The van der Waals surface area contributed by atoms with E-state index < -0.39 is 0 Å². The summed E-state index contributed by atoms with van der Waals surface area (Å²) in [5.41, 5.74) is 8.35. The van der Waals surface area contributed by atoms with Crippen LogP contribution in [0.25, 0.3) is 0 Å². The fourth-order valence-electron chi connectivity index (χ4n) is 2.78. The number of hydrogen-bond donors (Lipinski definition) is 1. The summed E-state index contributed by atoms with van der Waals surface area (Å²) in [7, 11) is 1.72. The minimum atomic E-state index is 0. The van der Waals surface area contributed by atoms with Crippen molar-refractivity contribution in [2.75, 3.05) is 26.7 Å². The molecule has 1 unspecified atom stereocenters. The number of hydrogen-bond acceptors (Lipinski definition) is 3. The summed E-state index contributed by atoms with van der Waals surface area (Å²) in [6, 6.07) is 6.46. The summed E-state index contributed by atoms with van der Waals surface area (Å²) < 4.78 is 5.29. The van der Waals surface area contributed by atoms with Crippen LogP contribution in [0.1, 0.15) is 24.0 Å². The molecule has 1 aromatic rings. The number of ether oxygens (including phenoxy) is 1. The van der Waals surface area contributed by atoms with Crippen LogP contribution in [0, 0.1) is 12.8 Å². The normalized spacial score (nSPS) is 19.8. The summed E-state index contributed by atoms with van der Waals surface area (Å²) in [5.74, 6) is 1.65. The van der Waals surface area contributed by atoms with Gasteiger partial charge in [-0.3, -0.25) is 4.90 Å². The Balaban J connectivity index is 0.00000180. The fourth-order valence-corrected chi connectivity index (χ4v) is 2.78. The molecule has 4 heteroatoms. The molecule has 0 aliphatic carbocycles. The lowest BCUT2D eigenvalue weighted by atomic mass is 9.97. The van der Waals surface area contributed by atoms with E-state index in [1.165, 1.54) is 30.5 Å². The highest BCUT2D eigenvalue weighted by Crippen LogP contribution is 2.21. The van der Waals surface area contributed by atoms with E-state index in [0.29, 0.717) is 5.92 Å². The molecule has 0 bridgehead atoms. The Kier molecular flexibility index (Phi) is 6.63. The SMILES string of the molecule is COc1ccc(CN2CCCC(CN)C2)cc1C.Cl. The van der Waals surface area contributed by atoms with Crippen LogP contribution >= 0.6 is 12.4 Å². The van der Waals surface area contributed by atoms with Crippen LogP contribution in [0.15, 0.2) is 18.2 Å². The highest BCUT2D eigenvalue weighted by molar-refractivity contribution is 5.85. The van der Waals surface area contributed by atoms with Crippen molar-refractivity contribution in [1.29, 1.82) is 0 Å². The second-order valence-electron chi connectivity index (χ2n) is 5.28. The van der Waals surface area contributed by atoms with Gasteiger partial charge in [0.1, 0.15) is 5.75 Å². The van der Waals surface area contributed by atoms with Gasteiger partial charge in [0.2, 0.25) is 0 Å². The average Bonchev–Trinajstić information content (AvgIpc) is 2.39. The van der Waals surface area contributed by atoms with E-state index in [-0.39, 0.29) is 12.4 Å². The number of nitrogens with zero attached hydrogens (tertiary/aromatic N) is 1. The number of piperidine rings is 1. The van der Waals surface area contributed by atoms with Gasteiger partial charge in [-0.15, -0.1) is 12.4 Å². The zero-order valence-corrected chi connectivity index (χ0v) is 12.7. The predicted octanol–water partition coefficient (Wildman–Crippen LogP) is 2.60. The molecule has 19 heavy (non-hydrogen) atoms. The topological polar surface area (TPSA) is 38.5 Å². The van der Waals surface area contributed by atoms with Crippen LogP contribution in [0.4, 0.5) is 0 Å². The predicted molar refractivity (Wildman–Crippen MR) is 82.0 cm³/mol. The lowest BCUT2D eigenvalue weighted by Gasteiger charge is -2.32. The van der Waals surface area contributed by atoms with E-state index in [2.05, 4.69) is 30.0 Å². The molecule has 1 aromatic carbocycles. The molecule has 1 fully saturated rings. The van der Waals surface area contributed by atoms with E-state index in [9.17, 15) is 0 Å². The van der Waals surface area contributed by atoms with Crippen LogP contribution in [0.3, 0.4) is 0 Å². The van der Waals surface area contributed by atoms with E-state index in [1.54, 1.807) is 7.11 Å². The largest absolute Gasteiger partial charge is 0.496 e. The number of likely N-dealkylation sites (tertiary alicyclic amines) is 1. The van der Waals surface area contributed by atoms with Crippen molar-refractivity contribution in [1.82, 2.24) is 4.90 Å². The van der Waals surface area contributed by atoms with Gasteiger partial charge in [-0.05, 0) is 56.0 Å². The van der Waals surface area contributed by atoms with Crippen molar-refractivity contribution in [3.63, 3.8) is 0 Å². The second kappa shape index (κ2) is 7.73. The molecule has 108 valence electrons. The third-order valence-corrected chi connectivity index (χ3v) is 3.80. The molecule has 2 N–H and O–H groups in total. The molecule has 0 amide bonds. The Morgan fingerprint density at radius 1 is 1.42 bits per heavy atom. The smallest absolute Gasteiger partial charge is 0.121 e. The summed E-state index contributed by atoms with van der Waals surface area (Å²) >= 11 is 0. The van der Waals surface area contributed by atoms with E-state index in [0.717, 1.165) is 25.4 Å². The van der Waals surface area contributed by atoms with Gasteiger partial charge in [-0.25, -0.2) is 0 Å². The highest BCUT2D eigenvalue weighted by atomic mass is 35.5. The minimum Gasteiger partial charge on any atom is -0.496 e. The third kappa shape index (κ3) is 4.37. The Hall–Kier alpha value is -0.770. The molecule has 1 heterocycles. The quantitative estimate of drug-likeness (QED) is 0.924. The maximum Gasteiger partial charge on any atom is 0.121 e. The summed E-state index contributed by atoms with van der Waals surface area (Å²) in [4.78, 5) is 2.52. The van der Waals surface area contributed by atoms with E-state index >= 15 is 0 Å². The molecular formula is C15H25ClN2O. The first kappa shape index (κ1) is 16.3. The zero-order chi connectivity index (χ0) is 13.0. The van der Waals surface area contributed by atoms with Gasteiger partial charge in [0.25, 0.3) is 0 Å². The van der Waals surface area contributed by atoms with Crippen LogP contribution in [-0.2, 0) is 6.54 Å². The lowest BCUT2D eigenvalue weighted by molar-refractivity contribution is 0.171. The van der Waals surface area contributed by atoms with Crippen molar-refractivity contribution < 1.29 is 4.74 Å². The first-order valence-corrected chi connectivity index (χ1v) is 6.79. The molecule has 3 nitrogen and oxygen atoms in total. The molecular weight excluding hydrogens is 260 g/mol. The van der Waals surface area contributed by atoms with Crippen molar-refractivity contribution in [3.05, 3.63) is 29.3 Å². The van der Waals surface area contributed by atoms with Gasteiger partial charge in [-0.1, -0.05) is 12.1 Å². The van der Waals surface area contributed by atoms with Gasteiger partial charge >= 0.3 is 0 Å². The van der Waals surface area contributed by atoms with E-state index in [4.69, 9.17) is 10.5 Å². The fraction of sp³-hybridized carbons (Fsp3) is 0.600. The first-order valence-electron chi connectivity index (χ1n) is 6.79. The molecule has 0 radical (unpaired) electrons. The van der Waals surface area contributed by atoms with Gasteiger partial charge in [-0.2, -0.15) is 0 Å². The van der Waals surface area contributed by atoms with Crippen LogP contribution in [-0.4, -0.2) is 31.6 Å². The van der Waals surface area contributed by atoms with Gasteiger partial charge in [0.05, 0.1) is 7.11 Å². The van der Waals surface area contributed by atoms with Crippen molar-refractivity contribution in [3.8, 4) is 5.75 Å². The maximum absolute atomic E-state index is 5.78. The number of benzene rings is 1. The van der Waals surface area contributed by atoms with Gasteiger partial charge in [0, 0.05) is 13.1 Å². The lowest BCUT2D eigenvalue weighted by Crippen LogP contribution is -2.37. The average molecular weight is 285 g/mol. The van der Waals surface area contributed by atoms with Gasteiger partial charge < -0.3 is 10.5 Å². The molecule has 2 rings (SSSR count). The Morgan fingerprint density at radius 2 is 2.21 bits per heavy atom. The summed E-state index contributed by atoms with van der Waals surface area (Å²) in [6.07, 6.45) is 2.56. The number of methoxy groups -OCH3 is 1. The molecule has 1 saturated heterocycles. The Morgan fingerprint density at radius 3 is 2.84 bits per heavy atom. The van der Waals surface area contributed by atoms with Crippen LogP contribution in [0.2, 0.25) is 0 Å². The number of nitrogens with two attached hydrogens (primary N) is 1.